The molecule has 2 saturated heterocycles. The maximum absolute atomic E-state index is 12.2. The molecule has 0 saturated carbocycles. The highest BCUT2D eigenvalue weighted by atomic mass is 35.5. The van der Waals surface area contributed by atoms with Crippen molar-refractivity contribution >= 4 is 47.3 Å². The average molecular weight is 593 g/mol. The van der Waals surface area contributed by atoms with E-state index in [2.05, 4.69) is 32.5 Å². The Morgan fingerprint density at radius 2 is 1.62 bits per heavy atom. The number of likely N-dealkylation sites (tertiary alicyclic amines) is 2. The van der Waals surface area contributed by atoms with Crippen LogP contribution in [0.1, 0.15) is 36.9 Å². The van der Waals surface area contributed by atoms with Gasteiger partial charge in [-0.2, -0.15) is 5.10 Å². The fourth-order valence-corrected chi connectivity index (χ4v) is 5.25. The van der Waals surface area contributed by atoms with Crippen molar-refractivity contribution in [1.29, 1.82) is 0 Å². The first-order valence-corrected chi connectivity index (χ1v) is 13.4. The monoisotopic (exact) mass is 591 g/mol. The van der Waals surface area contributed by atoms with Crippen LogP contribution in [-0.2, 0) is 22.7 Å². The molecule has 1 aromatic heterocycles. The van der Waals surface area contributed by atoms with Gasteiger partial charge in [-0.05, 0) is 61.6 Å². The number of halogens is 2. The molecule has 11 heteroatoms. The van der Waals surface area contributed by atoms with Gasteiger partial charge in [0.1, 0.15) is 11.5 Å². The number of nitrogens with zero attached hydrogens (tertiary/aromatic N) is 4. The fraction of sp³-hybridized carbons (Fsp3) is 0.483. The van der Waals surface area contributed by atoms with Crippen LogP contribution >= 0.6 is 24.8 Å². The maximum Gasteiger partial charge on any atom is 0.260 e. The van der Waals surface area contributed by atoms with E-state index in [1.54, 1.807) is 14.2 Å². The minimum absolute atomic E-state index is 0. The number of anilines is 1. The fourth-order valence-electron chi connectivity index (χ4n) is 5.25. The van der Waals surface area contributed by atoms with Gasteiger partial charge >= 0.3 is 0 Å². The molecule has 1 amide bonds. The molecule has 3 aromatic rings. The predicted molar refractivity (Wildman–Crippen MR) is 161 cm³/mol. The summed E-state index contributed by atoms with van der Waals surface area (Å²) in [4.78, 5) is 16.6. The van der Waals surface area contributed by atoms with Gasteiger partial charge in [-0.15, -0.1) is 29.9 Å². The molecule has 0 unspecified atom stereocenters. The standard InChI is InChI=1S/C29H37N5O4.2ClH/c1-36-19-27-25-10-9-24(37-2)17-26(25)29(32-31-27)30-22-11-15-33(16-12-22)18-21-5-7-23(8-6-21)38-20-28(35)34-13-3-4-14-34;;/h5-10,17,22H,3-4,11-16,18-20H2,1-2H3,(H,30,32);2*1H. The quantitative estimate of drug-likeness (QED) is 0.363. The van der Waals surface area contributed by atoms with Gasteiger partial charge in [0.15, 0.2) is 12.4 Å². The van der Waals surface area contributed by atoms with E-state index in [-0.39, 0.29) is 37.3 Å². The topological polar surface area (TPSA) is 89.1 Å². The van der Waals surface area contributed by atoms with Crippen molar-refractivity contribution in [2.24, 2.45) is 0 Å². The number of ether oxygens (including phenoxy) is 3. The first-order valence-electron chi connectivity index (χ1n) is 13.4. The van der Waals surface area contributed by atoms with Crippen LogP contribution in [0.5, 0.6) is 11.5 Å². The predicted octanol–water partition coefficient (Wildman–Crippen LogP) is 4.71. The Morgan fingerprint density at radius 3 is 2.30 bits per heavy atom. The van der Waals surface area contributed by atoms with Gasteiger partial charge in [0.25, 0.3) is 5.91 Å². The Bertz CT molecular complexity index is 1230. The number of carbonyl (C=O) groups excluding carboxylic acids is 1. The molecule has 0 radical (unpaired) electrons. The number of benzene rings is 2. The van der Waals surface area contributed by atoms with Crippen molar-refractivity contribution in [1.82, 2.24) is 20.0 Å². The molecule has 218 valence electrons. The number of piperidine rings is 1. The van der Waals surface area contributed by atoms with Crippen molar-refractivity contribution < 1.29 is 19.0 Å². The number of fused-ring (bicyclic) bond motifs is 1. The zero-order valence-corrected chi connectivity index (χ0v) is 24.8. The lowest BCUT2D eigenvalue weighted by atomic mass is 10.0. The van der Waals surface area contributed by atoms with Crippen LogP contribution in [0.15, 0.2) is 42.5 Å². The van der Waals surface area contributed by atoms with Crippen LogP contribution in [0.25, 0.3) is 10.8 Å². The van der Waals surface area contributed by atoms with E-state index in [4.69, 9.17) is 14.2 Å². The number of hydrogen-bond acceptors (Lipinski definition) is 8. The molecular weight excluding hydrogens is 553 g/mol. The highest BCUT2D eigenvalue weighted by Gasteiger charge is 2.22. The lowest BCUT2D eigenvalue weighted by Crippen LogP contribution is -2.38. The van der Waals surface area contributed by atoms with E-state index in [9.17, 15) is 4.79 Å². The highest BCUT2D eigenvalue weighted by Crippen LogP contribution is 2.29. The first kappa shape index (κ1) is 31.7. The highest BCUT2D eigenvalue weighted by molar-refractivity contribution is 5.94. The lowest BCUT2D eigenvalue weighted by Gasteiger charge is -2.32. The van der Waals surface area contributed by atoms with Gasteiger partial charge in [-0.25, -0.2) is 0 Å². The summed E-state index contributed by atoms with van der Waals surface area (Å²) in [5, 5.41) is 14.6. The normalized spacial score (nSPS) is 15.8. The van der Waals surface area contributed by atoms with Crippen molar-refractivity contribution in [3.05, 3.63) is 53.7 Å². The van der Waals surface area contributed by atoms with Crippen LogP contribution in [0.3, 0.4) is 0 Å². The average Bonchev–Trinajstić information content (AvgIpc) is 3.50. The minimum Gasteiger partial charge on any atom is -0.497 e. The third kappa shape index (κ3) is 7.87. The number of rotatable bonds is 10. The molecule has 0 atom stereocenters. The van der Waals surface area contributed by atoms with Crippen LogP contribution in [-0.4, -0.2) is 79.0 Å². The van der Waals surface area contributed by atoms with E-state index in [1.165, 1.54) is 5.56 Å². The zero-order chi connectivity index (χ0) is 26.3. The Kier molecular flexibility index (Phi) is 12.1. The van der Waals surface area contributed by atoms with Gasteiger partial charge in [-0.3, -0.25) is 9.69 Å². The summed E-state index contributed by atoms with van der Waals surface area (Å²) in [7, 11) is 3.34. The van der Waals surface area contributed by atoms with Gasteiger partial charge in [0.05, 0.1) is 19.4 Å². The maximum atomic E-state index is 12.2. The zero-order valence-electron chi connectivity index (χ0n) is 23.1. The van der Waals surface area contributed by atoms with Gasteiger partial charge in [-0.1, -0.05) is 12.1 Å². The van der Waals surface area contributed by atoms with Crippen molar-refractivity contribution in [3.8, 4) is 11.5 Å². The third-order valence-corrected chi connectivity index (χ3v) is 7.42. The smallest absolute Gasteiger partial charge is 0.260 e. The van der Waals surface area contributed by atoms with Gasteiger partial charge in [0.2, 0.25) is 0 Å². The van der Waals surface area contributed by atoms with Crippen molar-refractivity contribution in [3.63, 3.8) is 0 Å². The molecule has 1 N–H and O–H groups in total. The molecule has 2 aliphatic rings. The second kappa shape index (κ2) is 15.2. The second-order valence-electron chi connectivity index (χ2n) is 10.1. The molecule has 3 heterocycles. The number of nitrogens with one attached hydrogen (secondary N) is 1. The molecule has 0 bridgehead atoms. The Hall–Kier alpha value is -2.85. The molecule has 2 aromatic carbocycles. The summed E-state index contributed by atoms with van der Waals surface area (Å²) in [6, 6.07) is 14.4. The van der Waals surface area contributed by atoms with E-state index in [1.807, 2.05) is 35.2 Å². The van der Waals surface area contributed by atoms with Crippen molar-refractivity contribution in [2.75, 3.05) is 52.3 Å². The molecule has 9 nitrogen and oxygen atoms in total. The summed E-state index contributed by atoms with van der Waals surface area (Å²) >= 11 is 0. The minimum atomic E-state index is 0. The Labute approximate surface area is 248 Å². The van der Waals surface area contributed by atoms with Crippen LogP contribution in [0.4, 0.5) is 5.82 Å². The molecule has 5 rings (SSSR count). The number of aromatic nitrogens is 2. The summed E-state index contributed by atoms with van der Waals surface area (Å²) < 4.78 is 16.5. The summed E-state index contributed by atoms with van der Waals surface area (Å²) in [5.41, 5.74) is 2.06. The molecule has 40 heavy (non-hydrogen) atoms. The summed E-state index contributed by atoms with van der Waals surface area (Å²) in [6.45, 7) is 5.12. The van der Waals surface area contributed by atoms with E-state index in [0.717, 1.165) is 92.2 Å². The number of hydrogen-bond donors (Lipinski definition) is 1. The van der Waals surface area contributed by atoms with E-state index >= 15 is 0 Å². The lowest BCUT2D eigenvalue weighted by molar-refractivity contribution is -0.132. The number of amides is 1. The molecule has 0 spiro atoms. The Morgan fingerprint density at radius 1 is 0.925 bits per heavy atom. The van der Waals surface area contributed by atoms with Crippen molar-refractivity contribution in [2.45, 2.75) is 44.9 Å². The second-order valence-corrected chi connectivity index (χ2v) is 10.1. The Balaban J connectivity index is 0.00000220. The number of methoxy groups -OCH3 is 2. The van der Waals surface area contributed by atoms with Gasteiger partial charge < -0.3 is 24.4 Å². The van der Waals surface area contributed by atoms with Crippen LogP contribution in [0.2, 0.25) is 0 Å². The summed E-state index contributed by atoms with van der Waals surface area (Å²) in [5.74, 6) is 2.40. The van der Waals surface area contributed by atoms with Crippen LogP contribution in [0, 0.1) is 0 Å². The molecule has 0 aliphatic carbocycles. The number of carbonyl (C=O) groups is 1. The van der Waals surface area contributed by atoms with Gasteiger partial charge in [0, 0.05) is 56.6 Å². The largest absolute Gasteiger partial charge is 0.497 e. The molecule has 2 aliphatic heterocycles. The third-order valence-electron chi connectivity index (χ3n) is 7.42. The molecule has 2 fully saturated rings. The summed E-state index contributed by atoms with van der Waals surface area (Å²) in [6.07, 6.45) is 4.23. The molecular formula is C29H39Cl2N5O4. The SMILES string of the molecule is COCc1nnc(NC2CCN(Cc3ccc(OCC(=O)N4CCCC4)cc3)CC2)c2cc(OC)ccc12.Cl.Cl. The van der Waals surface area contributed by atoms with E-state index in [0.29, 0.717) is 12.6 Å². The first-order chi connectivity index (χ1) is 18.6. The van der Waals surface area contributed by atoms with E-state index < -0.39 is 0 Å². The van der Waals surface area contributed by atoms with Crippen LogP contribution < -0.4 is 14.8 Å².